The maximum absolute atomic E-state index is 13.1. The molecule has 0 spiro atoms. The fourth-order valence-corrected chi connectivity index (χ4v) is 5.50. The van der Waals surface area contributed by atoms with Crippen LogP contribution in [0.15, 0.2) is 78.0 Å². The summed E-state index contributed by atoms with van der Waals surface area (Å²) < 4.78 is 29.0. The molecule has 0 aliphatic carbocycles. The molecule has 0 saturated carbocycles. The van der Waals surface area contributed by atoms with Gasteiger partial charge >= 0.3 is 0 Å². The van der Waals surface area contributed by atoms with Gasteiger partial charge in [0.1, 0.15) is 0 Å². The summed E-state index contributed by atoms with van der Waals surface area (Å²) in [6.07, 6.45) is 7.10. The quantitative estimate of drug-likeness (QED) is 0.345. The number of sulfonamides is 1. The van der Waals surface area contributed by atoms with Gasteiger partial charge in [0.2, 0.25) is 0 Å². The van der Waals surface area contributed by atoms with Crippen LogP contribution in [0.2, 0.25) is 0 Å². The fraction of sp³-hybridized carbons (Fsp3) is 0.269. The number of para-hydroxylation sites is 2. The van der Waals surface area contributed by atoms with Crippen LogP contribution in [0.4, 0.5) is 11.4 Å². The first kappa shape index (κ1) is 22.4. The lowest BCUT2D eigenvalue weighted by Crippen LogP contribution is -2.30. The molecule has 34 heavy (non-hydrogen) atoms. The topological polar surface area (TPSA) is 90.1 Å². The van der Waals surface area contributed by atoms with Gasteiger partial charge in [0.25, 0.3) is 10.0 Å². The number of fused-ring (bicyclic) bond motifs is 1. The van der Waals surface area contributed by atoms with E-state index in [0.29, 0.717) is 18.8 Å². The van der Waals surface area contributed by atoms with Gasteiger partial charge in [-0.05, 0) is 61.2 Å². The maximum Gasteiger partial charge on any atom is 0.261 e. The van der Waals surface area contributed by atoms with Crippen LogP contribution in [0.1, 0.15) is 30.5 Å². The summed E-state index contributed by atoms with van der Waals surface area (Å²) in [5.41, 5.74) is 4.74. The van der Waals surface area contributed by atoms with E-state index in [9.17, 15) is 8.42 Å². The molecule has 1 saturated heterocycles. The van der Waals surface area contributed by atoms with Crippen LogP contribution in [0.25, 0.3) is 10.9 Å². The summed E-state index contributed by atoms with van der Waals surface area (Å²) in [6.45, 7) is 3.23. The van der Waals surface area contributed by atoms with E-state index >= 15 is 0 Å². The molecule has 0 radical (unpaired) electrons. The third-order valence-corrected chi connectivity index (χ3v) is 7.58. The number of benzene rings is 2. The summed E-state index contributed by atoms with van der Waals surface area (Å²) in [7, 11) is -3.68. The number of hydrogen-bond acceptors (Lipinski definition) is 5. The number of rotatable bonds is 8. The number of aromatic amines is 1. The van der Waals surface area contributed by atoms with Gasteiger partial charge in [0, 0.05) is 55.2 Å². The highest BCUT2D eigenvalue weighted by atomic mass is 32.2. The summed E-state index contributed by atoms with van der Waals surface area (Å²) >= 11 is 0. The molecule has 3 heterocycles. The minimum atomic E-state index is -3.68. The second kappa shape index (κ2) is 9.87. The van der Waals surface area contributed by atoms with Crippen LogP contribution in [0, 0.1) is 0 Å². The minimum absolute atomic E-state index is 0.257. The molecule has 176 valence electrons. The first-order valence-corrected chi connectivity index (χ1v) is 13.1. The van der Waals surface area contributed by atoms with E-state index in [0.717, 1.165) is 53.8 Å². The summed E-state index contributed by atoms with van der Waals surface area (Å²) in [5, 5.41) is 4.48. The van der Waals surface area contributed by atoms with Crippen molar-refractivity contribution in [1.82, 2.24) is 15.3 Å². The number of H-pyrrole nitrogens is 1. The Morgan fingerprint density at radius 1 is 0.941 bits per heavy atom. The second-order valence-corrected chi connectivity index (χ2v) is 10.4. The molecule has 2 aromatic heterocycles. The number of hydrogen-bond donors (Lipinski definition) is 3. The fourth-order valence-electron chi connectivity index (χ4n) is 4.43. The number of aromatic nitrogens is 2. The molecule has 5 rings (SSSR count). The molecule has 2 aromatic carbocycles. The van der Waals surface area contributed by atoms with E-state index in [-0.39, 0.29) is 4.90 Å². The highest BCUT2D eigenvalue weighted by Gasteiger charge is 2.19. The standard InChI is InChI=1S/C26H29N5O2S/c32-34(33,30-25-6-2-3-7-26(25)31-14-4-1-5-15-31)23-10-8-20(9-11-23)17-28-19-22-16-21-18-27-13-12-24(21)29-22/h2-3,6-13,16,18,28-30H,1,4-5,14-15,17,19H2. The molecule has 0 unspecified atom stereocenters. The zero-order chi connectivity index (χ0) is 23.4. The molecule has 4 aromatic rings. The molecule has 0 bridgehead atoms. The number of anilines is 2. The van der Waals surface area contributed by atoms with Crippen LogP contribution < -0.4 is 14.9 Å². The maximum atomic E-state index is 13.1. The van der Waals surface area contributed by atoms with Gasteiger partial charge in [-0.25, -0.2) is 8.42 Å². The zero-order valence-corrected chi connectivity index (χ0v) is 19.8. The van der Waals surface area contributed by atoms with Gasteiger partial charge in [-0.15, -0.1) is 0 Å². The molecule has 1 aliphatic heterocycles. The van der Waals surface area contributed by atoms with E-state index in [4.69, 9.17) is 0 Å². The van der Waals surface area contributed by atoms with Crippen molar-refractivity contribution < 1.29 is 8.42 Å². The van der Waals surface area contributed by atoms with E-state index in [2.05, 4.69) is 31.0 Å². The highest BCUT2D eigenvalue weighted by Crippen LogP contribution is 2.30. The van der Waals surface area contributed by atoms with Crippen LogP contribution in [0.3, 0.4) is 0 Å². The minimum Gasteiger partial charge on any atom is -0.370 e. The van der Waals surface area contributed by atoms with Crippen molar-refractivity contribution in [3.05, 3.63) is 84.3 Å². The third kappa shape index (κ3) is 5.08. The SMILES string of the molecule is O=S(=O)(Nc1ccccc1N1CCCCC1)c1ccc(CNCc2cc3cnccc3[nH]2)cc1. The summed E-state index contributed by atoms with van der Waals surface area (Å²) in [5.74, 6) is 0. The van der Waals surface area contributed by atoms with Gasteiger partial charge in [0.05, 0.1) is 16.3 Å². The Morgan fingerprint density at radius 2 is 1.74 bits per heavy atom. The molecule has 1 aliphatic rings. The van der Waals surface area contributed by atoms with E-state index in [1.54, 1.807) is 18.3 Å². The lowest BCUT2D eigenvalue weighted by Gasteiger charge is -2.30. The molecule has 3 N–H and O–H groups in total. The number of pyridine rings is 1. The Hall–Kier alpha value is -3.36. The Kier molecular flexibility index (Phi) is 6.51. The van der Waals surface area contributed by atoms with Crippen molar-refractivity contribution in [3.63, 3.8) is 0 Å². The molecule has 1 fully saturated rings. The number of piperidine rings is 1. The summed E-state index contributed by atoms with van der Waals surface area (Å²) in [6, 6.07) is 18.7. The first-order chi connectivity index (χ1) is 16.6. The van der Waals surface area contributed by atoms with Crippen LogP contribution >= 0.6 is 0 Å². The normalized spacial score (nSPS) is 14.4. The van der Waals surface area contributed by atoms with Crippen molar-refractivity contribution in [1.29, 1.82) is 0 Å². The average Bonchev–Trinajstić information content (AvgIpc) is 3.28. The predicted octanol–water partition coefficient (Wildman–Crippen LogP) is 4.64. The van der Waals surface area contributed by atoms with E-state index < -0.39 is 10.0 Å². The van der Waals surface area contributed by atoms with Gasteiger partial charge in [-0.1, -0.05) is 24.3 Å². The second-order valence-electron chi connectivity index (χ2n) is 8.68. The summed E-state index contributed by atoms with van der Waals surface area (Å²) in [4.78, 5) is 10.0. The lowest BCUT2D eigenvalue weighted by molar-refractivity contribution is 0.578. The zero-order valence-electron chi connectivity index (χ0n) is 19.0. The van der Waals surface area contributed by atoms with Crippen molar-refractivity contribution in [2.24, 2.45) is 0 Å². The van der Waals surface area contributed by atoms with Crippen molar-refractivity contribution in [2.45, 2.75) is 37.2 Å². The van der Waals surface area contributed by atoms with Crippen molar-refractivity contribution >= 4 is 32.3 Å². The van der Waals surface area contributed by atoms with Crippen LogP contribution in [-0.2, 0) is 23.1 Å². The Morgan fingerprint density at radius 3 is 2.53 bits per heavy atom. The van der Waals surface area contributed by atoms with Crippen LogP contribution in [0.5, 0.6) is 0 Å². The molecule has 0 atom stereocenters. The number of nitrogens with zero attached hydrogens (tertiary/aromatic N) is 2. The van der Waals surface area contributed by atoms with Gasteiger partial charge in [-0.2, -0.15) is 0 Å². The van der Waals surface area contributed by atoms with Gasteiger partial charge in [0.15, 0.2) is 0 Å². The van der Waals surface area contributed by atoms with Gasteiger partial charge < -0.3 is 15.2 Å². The Bertz CT molecular complexity index is 1330. The Balaban J connectivity index is 1.22. The lowest BCUT2D eigenvalue weighted by atomic mass is 10.1. The Labute approximate surface area is 200 Å². The number of nitrogens with one attached hydrogen (secondary N) is 3. The van der Waals surface area contributed by atoms with E-state index in [1.807, 2.05) is 48.7 Å². The molecular weight excluding hydrogens is 446 g/mol. The van der Waals surface area contributed by atoms with Crippen LogP contribution in [-0.4, -0.2) is 31.5 Å². The molecule has 0 amide bonds. The monoisotopic (exact) mass is 475 g/mol. The largest absolute Gasteiger partial charge is 0.370 e. The molecular formula is C26H29N5O2S. The van der Waals surface area contributed by atoms with Crippen molar-refractivity contribution in [2.75, 3.05) is 22.7 Å². The average molecular weight is 476 g/mol. The predicted molar refractivity (Wildman–Crippen MR) is 136 cm³/mol. The third-order valence-electron chi connectivity index (χ3n) is 6.20. The van der Waals surface area contributed by atoms with E-state index in [1.165, 1.54) is 6.42 Å². The van der Waals surface area contributed by atoms with Gasteiger partial charge in [-0.3, -0.25) is 9.71 Å². The smallest absolute Gasteiger partial charge is 0.261 e. The molecule has 8 heteroatoms. The van der Waals surface area contributed by atoms with Crippen molar-refractivity contribution in [3.8, 4) is 0 Å². The molecule has 7 nitrogen and oxygen atoms in total. The first-order valence-electron chi connectivity index (χ1n) is 11.7. The highest BCUT2D eigenvalue weighted by molar-refractivity contribution is 7.92.